The van der Waals surface area contributed by atoms with Crippen molar-refractivity contribution in [3.05, 3.63) is 0 Å². The van der Waals surface area contributed by atoms with Gasteiger partial charge in [0.25, 0.3) is 0 Å². The maximum absolute atomic E-state index is 11.6. The lowest BCUT2D eigenvalue weighted by molar-refractivity contribution is -0.161. The van der Waals surface area contributed by atoms with Gasteiger partial charge in [0.1, 0.15) is 0 Å². The van der Waals surface area contributed by atoms with Crippen molar-refractivity contribution in [3.63, 3.8) is 0 Å². The summed E-state index contributed by atoms with van der Waals surface area (Å²) in [5, 5.41) is 9.55. The van der Waals surface area contributed by atoms with Gasteiger partial charge in [-0.1, -0.05) is 34.6 Å². The van der Waals surface area contributed by atoms with Gasteiger partial charge in [0, 0.05) is 0 Å². The second-order valence-electron chi connectivity index (χ2n) is 6.72. The first kappa shape index (κ1) is 13.5. The highest BCUT2D eigenvalue weighted by Gasteiger charge is 2.50. The molecule has 2 nitrogen and oxygen atoms in total. The van der Waals surface area contributed by atoms with Gasteiger partial charge < -0.3 is 5.11 Å². The van der Waals surface area contributed by atoms with E-state index in [9.17, 15) is 9.90 Å². The minimum absolute atomic E-state index is 0.138. The molecule has 2 heteroatoms. The summed E-state index contributed by atoms with van der Waals surface area (Å²) in [6.07, 6.45) is 3.83. The summed E-state index contributed by atoms with van der Waals surface area (Å²) in [5.41, 5.74) is -0.640. The monoisotopic (exact) mass is 226 g/mol. The molecule has 94 valence electrons. The first-order chi connectivity index (χ1) is 7.21. The van der Waals surface area contributed by atoms with E-state index in [1.165, 1.54) is 0 Å². The first-order valence-corrected chi connectivity index (χ1v) is 6.44. The first-order valence-electron chi connectivity index (χ1n) is 6.44. The van der Waals surface area contributed by atoms with Crippen LogP contribution in [0.1, 0.15) is 60.3 Å². The Morgan fingerprint density at radius 2 is 1.69 bits per heavy atom. The van der Waals surface area contributed by atoms with E-state index in [4.69, 9.17) is 0 Å². The summed E-state index contributed by atoms with van der Waals surface area (Å²) < 4.78 is 0. The van der Waals surface area contributed by atoms with Crippen molar-refractivity contribution in [2.24, 2.45) is 22.7 Å². The number of hydrogen-bond acceptors (Lipinski definition) is 1. The zero-order valence-electron chi connectivity index (χ0n) is 11.3. The van der Waals surface area contributed by atoms with Crippen LogP contribution in [0.5, 0.6) is 0 Å². The van der Waals surface area contributed by atoms with Crippen molar-refractivity contribution in [1.29, 1.82) is 0 Å². The second kappa shape index (κ2) is 4.38. The van der Waals surface area contributed by atoms with Crippen LogP contribution in [-0.4, -0.2) is 11.1 Å². The van der Waals surface area contributed by atoms with Gasteiger partial charge >= 0.3 is 5.97 Å². The van der Waals surface area contributed by atoms with Crippen molar-refractivity contribution in [2.75, 3.05) is 0 Å². The molecule has 1 N–H and O–H groups in total. The molecule has 0 heterocycles. The van der Waals surface area contributed by atoms with Crippen molar-refractivity contribution >= 4 is 5.97 Å². The highest BCUT2D eigenvalue weighted by atomic mass is 16.4. The number of carbonyl (C=O) groups is 1. The topological polar surface area (TPSA) is 37.3 Å². The molecule has 0 aromatic carbocycles. The third-order valence-corrected chi connectivity index (χ3v) is 4.67. The molecular formula is C14H26O2. The number of aliphatic carboxylic acids is 1. The summed E-state index contributed by atoms with van der Waals surface area (Å²) in [6, 6.07) is 0. The summed E-state index contributed by atoms with van der Waals surface area (Å²) >= 11 is 0. The van der Waals surface area contributed by atoms with Gasteiger partial charge in [0.15, 0.2) is 0 Å². The quantitative estimate of drug-likeness (QED) is 0.774. The molecular weight excluding hydrogens is 200 g/mol. The summed E-state index contributed by atoms with van der Waals surface area (Å²) in [6.45, 7) is 10.7. The van der Waals surface area contributed by atoms with Crippen LogP contribution < -0.4 is 0 Å². The van der Waals surface area contributed by atoms with Gasteiger partial charge in [-0.15, -0.1) is 0 Å². The van der Waals surface area contributed by atoms with E-state index in [-0.39, 0.29) is 5.41 Å². The minimum atomic E-state index is -0.595. The van der Waals surface area contributed by atoms with Crippen LogP contribution in [0, 0.1) is 22.7 Å². The van der Waals surface area contributed by atoms with Crippen LogP contribution in [0.2, 0.25) is 0 Å². The molecule has 0 bridgehead atoms. The number of carboxylic acid groups (broad SMARTS) is 1. The van der Waals surface area contributed by atoms with E-state index in [2.05, 4.69) is 34.6 Å². The highest BCUT2D eigenvalue weighted by Crippen LogP contribution is 2.51. The largest absolute Gasteiger partial charge is 0.481 e. The molecule has 0 atom stereocenters. The Morgan fingerprint density at radius 1 is 1.25 bits per heavy atom. The fraction of sp³-hybridized carbons (Fsp3) is 0.929. The third-order valence-electron chi connectivity index (χ3n) is 4.67. The molecule has 1 aliphatic carbocycles. The smallest absolute Gasteiger partial charge is 0.310 e. The van der Waals surface area contributed by atoms with Crippen LogP contribution in [-0.2, 0) is 4.79 Å². The Labute approximate surface area is 99.4 Å². The maximum Gasteiger partial charge on any atom is 0.310 e. The second-order valence-corrected chi connectivity index (χ2v) is 6.72. The Balaban J connectivity index is 2.83. The fourth-order valence-electron chi connectivity index (χ4n) is 3.08. The molecule has 1 fully saturated rings. The predicted molar refractivity (Wildman–Crippen MR) is 66.3 cm³/mol. The fourth-order valence-corrected chi connectivity index (χ4v) is 3.08. The molecule has 0 aromatic heterocycles. The van der Waals surface area contributed by atoms with E-state index < -0.39 is 11.4 Å². The predicted octanol–water partition coefficient (Wildman–Crippen LogP) is 3.95. The SMILES string of the molecule is CC(C)C1CCC(C(=O)O)(C(C)(C)C)CC1. The normalized spacial score (nSPS) is 31.8. The van der Waals surface area contributed by atoms with E-state index in [0.717, 1.165) is 31.6 Å². The lowest BCUT2D eigenvalue weighted by Crippen LogP contribution is -2.46. The molecule has 16 heavy (non-hydrogen) atoms. The molecule has 0 aromatic rings. The van der Waals surface area contributed by atoms with Crippen LogP contribution in [0.15, 0.2) is 0 Å². The van der Waals surface area contributed by atoms with E-state index in [0.29, 0.717) is 5.92 Å². The van der Waals surface area contributed by atoms with Gasteiger partial charge in [-0.05, 0) is 42.9 Å². The van der Waals surface area contributed by atoms with Crippen LogP contribution in [0.25, 0.3) is 0 Å². The number of carboxylic acids is 1. The summed E-state index contributed by atoms with van der Waals surface area (Å²) in [5.74, 6) is 0.809. The van der Waals surface area contributed by atoms with Crippen molar-refractivity contribution in [1.82, 2.24) is 0 Å². The zero-order chi connectivity index (χ0) is 12.6. The zero-order valence-corrected chi connectivity index (χ0v) is 11.3. The summed E-state index contributed by atoms with van der Waals surface area (Å²) in [7, 11) is 0. The average molecular weight is 226 g/mol. The molecule has 1 saturated carbocycles. The average Bonchev–Trinajstić information content (AvgIpc) is 2.15. The Morgan fingerprint density at radius 3 is 1.94 bits per heavy atom. The molecule has 0 spiro atoms. The molecule has 0 aliphatic heterocycles. The van der Waals surface area contributed by atoms with Gasteiger partial charge in [-0.3, -0.25) is 4.79 Å². The van der Waals surface area contributed by atoms with E-state index >= 15 is 0 Å². The molecule has 0 saturated heterocycles. The Hall–Kier alpha value is -0.530. The van der Waals surface area contributed by atoms with E-state index in [1.54, 1.807) is 0 Å². The molecule has 0 radical (unpaired) electrons. The van der Waals surface area contributed by atoms with Crippen LogP contribution in [0.3, 0.4) is 0 Å². The lowest BCUT2D eigenvalue weighted by Gasteiger charge is -2.46. The molecule has 0 unspecified atom stereocenters. The van der Waals surface area contributed by atoms with Crippen molar-refractivity contribution in [2.45, 2.75) is 60.3 Å². The standard InChI is InChI=1S/C14H26O2/c1-10(2)11-6-8-14(9-7-11,12(15)16)13(3,4)5/h10-11H,6-9H2,1-5H3,(H,15,16). The third kappa shape index (κ3) is 2.26. The molecule has 1 rings (SSSR count). The van der Waals surface area contributed by atoms with Crippen molar-refractivity contribution < 1.29 is 9.90 Å². The lowest BCUT2D eigenvalue weighted by atomic mass is 9.57. The highest BCUT2D eigenvalue weighted by molar-refractivity contribution is 5.75. The minimum Gasteiger partial charge on any atom is -0.481 e. The van der Waals surface area contributed by atoms with Gasteiger partial charge in [-0.25, -0.2) is 0 Å². The number of rotatable bonds is 2. The molecule has 1 aliphatic rings. The van der Waals surface area contributed by atoms with Crippen LogP contribution in [0.4, 0.5) is 0 Å². The number of hydrogen-bond donors (Lipinski definition) is 1. The van der Waals surface area contributed by atoms with Gasteiger partial charge in [0.05, 0.1) is 5.41 Å². The van der Waals surface area contributed by atoms with Gasteiger partial charge in [0.2, 0.25) is 0 Å². The molecule has 0 amide bonds. The van der Waals surface area contributed by atoms with Crippen molar-refractivity contribution in [3.8, 4) is 0 Å². The van der Waals surface area contributed by atoms with Gasteiger partial charge in [-0.2, -0.15) is 0 Å². The maximum atomic E-state index is 11.6. The Bertz CT molecular complexity index is 252. The van der Waals surface area contributed by atoms with E-state index in [1.807, 2.05) is 0 Å². The van der Waals surface area contributed by atoms with Crippen LogP contribution >= 0.6 is 0 Å². The Kier molecular flexibility index (Phi) is 3.71. The summed E-state index contributed by atoms with van der Waals surface area (Å²) in [4.78, 5) is 11.6.